The molecule has 0 fully saturated rings. The smallest absolute Gasteiger partial charge is 0.254 e. The SMILES string of the molecule is O=C(Cl)c1ccc(Cl)cc1Nc1ccccc1. The van der Waals surface area contributed by atoms with Gasteiger partial charge < -0.3 is 5.32 Å². The summed E-state index contributed by atoms with van der Waals surface area (Å²) in [6, 6.07) is 14.4. The van der Waals surface area contributed by atoms with Crippen molar-refractivity contribution >= 4 is 39.8 Å². The Bertz CT molecular complexity index is 540. The Morgan fingerprint density at radius 1 is 1.06 bits per heavy atom. The summed E-state index contributed by atoms with van der Waals surface area (Å²) in [5.74, 6) is 0. The molecule has 0 amide bonds. The van der Waals surface area contributed by atoms with Crippen LogP contribution in [0.25, 0.3) is 0 Å². The van der Waals surface area contributed by atoms with Gasteiger partial charge >= 0.3 is 0 Å². The average molecular weight is 266 g/mol. The first-order valence-electron chi connectivity index (χ1n) is 4.98. The van der Waals surface area contributed by atoms with Gasteiger partial charge in [0.25, 0.3) is 5.24 Å². The van der Waals surface area contributed by atoms with Crippen LogP contribution in [0.3, 0.4) is 0 Å². The quantitative estimate of drug-likeness (QED) is 0.831. The first kappa shape index (κ1) is 12.0. The van der Waals surface area contributed by atoms with Crippen molar-refractivity contribution in [2.75, 3.05) is 5.32 Å². The van der Waals surface area contributed by atoms with E-state index in [2.05, 4.69) is 5.32 Å². The maximum atomic E-state index is 11.3. The van der Waals surface area contributed by atoms with Gasteiger partial charge in [0, 0.05) is 10.7 Å². The number of hydrogen-bond donors (Lipinski definition) is 1. The Labute approximate surface area is 109 Å². The third-order valence-corrected chi connectivity index (χ3v) is 2.68. The lowest BCUT2D eigenvalue weighted by Gasteiger charge is -2.09. The molecule has 4 heteroatoms. The molecule has 0 bridgehead atoms. The van der Waals surface area contributed by atoms with E-state index >= 15 is 0 Å². The fourth-order valence-corrected chi connectivity index (χ4v) is 1.81. The molecule has 0 aliphatic carbocycles. The lowest BCUT2D eigenvalue weighted by Crippen LogP contribution is -1.98. The van der Waals surface area contributed by atoms with E-state index in [1.54, 1.807) is 18.2 Å². The van der Waals surface area contributed by atoms with Crippen LogP contribution in [0.4, 0.5) is 11.4 Å². The minimum Gasteiger partial charge on any atom is -0.355 e. The van der Waals surface area contributed by atoms with Gasteiger partial charge in [-0.05, 0) is 41.9 Å². The molecular weight excluding hydrogens is 257 g/mol. The summed E-state index contributed by atoms with van der Waals surface area (Å²) in [4.78, 5) is 11.3. The van der Waals surface area contributed by atoms with Crippen LogP contribution in [-0.2, 0) is 0 Å². The van der Waals surface area contributed by atoms with Crippen LogP contribution >= 0.6 is 23.2 Å². The third-order valence-electron chi connectivity index (χ3n) is 2.25. The summed E-state index contributed by atoms with van der Waals surface area (Å²) >= 11 is 11.4. The monoisotopic (exact) mass is 265 g/mol. The molecule has 2 aromatic carbocycles. The normalized spacial score (nSPS) is 10.0. The van der Waals surface area contributed by atoms with Crippen molar-refractivity contribution < 1.29 is 4.79 Å². The maximum absolute atomic E-state index is 11.3. The molecule has 0 aliphatic heterocycles. The van der Waals surface area contributed by atoms with Gasteiger partial charge in [0.05, 0.1) is 11.3 Å². The van der Waals surface area contributed by atoms with Gasteiger partial charge in [-0.15, -0.1) is 0 Å². The molecule has 2 rings (SSSR count). The van der Waals surface area contributed by atoms with Crippen molar-refractivity contribution in [1.29, 1.82) is 0 Å². The number of anilines is 2. The van der Waals surface area contributed by atoms with Crippen molar-refractivity contribution in [1.82, 2.24) is 0 Å². The van der Waals surface area contributed by atoms with Gasteiger partial charge in [0.2, 0.25) is 0 Å². The van der Waals surface area contributed by atoms with Crippen LogP contribution in [-0.4, -0.2) is 5.24 Å². The number of rotatable bonds is 3. The van der Waals surface area contributed by atoms with E-state index < -0.39 is 5.24 Å². The molecule has 0 spiro atoms. The largest absolute Gasteiger partial charge is 0.355 e. The maximum Gasteiger partial charge on any atom is 0.254 e. The third kappa shape index (κ3) is 2.99. The number of benzene rings is 2. The van der Waals surface area contributed by atoms with Gasteiger partial charge in [-0.3, -0.25) is 4.79 Å². The minimum absolute atomic E-state index is 0.403. The molecule has 86 valence electrons. The molecule has 0 heterocycles. The summed E-state index contributed by atoms with van der Waals surface area (Å²) in [6.07, 6.45) is 0. The van der Waals surface area contributed by atoms with Gasteiger partial charge in [-0.1, -0.05) is 29.8 Å². The lowest BCUT2D eigenvalue weighted by atomic mass is 10.2. The second-order valence-corrected chi connectivity index (χ2v) is 4.23. The van der Waals surface area contributed by atoms with Gasteiger partial charge in [0.15, 0.2) is 0 Å². The molecule has 17 heavy (non-hydrogen) atoms. The predicted octanol–water partition coefficient (Wildman–Crippen LogP) is 4.46. The molecule has 2 nitrogen and oxygen atoms in total. The highest BCUT2D eigenvalue weighted by Crippen LogP contribution is 2.25. The highest BCUT2D eigenvalue weighted by Gasteiger charge is 2.09. The number of hydrogen-bond acceptors (Lipinski definition) is 2. The van der Waals surface area contributed by atoms with Crippen molar-refractivity contribution in [3.05, 3.63) is 59.1 Å². The Morgan fingerprint density at radius 2 is 1.76 bits per heavy atom. The summed E-state index contributed by atoms with van der Waals surface area (Å²) in [5.41, 5.74) is 1.87. The van der Waals surface area contributed by atoms with Crippen LogP contribution in [0.5, 0.6) is 0 Å². The van der Waals surface area contributed by atoms with Crippen LogP contribution in [0, 0.1) is 0 Å². The lowest BCUT2D eigenvalue weighted by molar-refractivity contribution is 0.108. The van der Waals surface area contributed by atoms with Crippen LogP contribution in [0.2, 0.25) is 5.02 Å². The van der Waals surface area contributed by atoms with Crippen molar-refractivity contribution in [2.45, 2.75) is 0 Å². The van der Waals surface area contributed by atoms with E-state index in [0.717, 1.165) is 5.69 Å². The summed E-state index contributed by atoms with van der Waals surface area (Å²) in [7, 11) is 0. The zero-order valence-corrected chi connectivity index (χ0v) is 10.3. The average Bonchev–Trinajstić information content (AvgIpc) is 2.30. The number of carbonyl (C=O) groups excluding carboxylic acids is 1. The summed E-state index contributed by atoms with van der Waals surface area (Å²) < 4.78 is 0. The van der Waals surface area contributed by atoms with Crippen LogP contribution in [0.1, 0.15) is 10.4 Å². The Balaban J connectivity index is 2.37. The van der Waals surface area contributed by atoms with Crippen molar-refractivity contribution in [2.24, 2.45) is 0 Å². The van der Waals surface area contributed by atoms with Crippen LogP contribution < -0.4 is 5.32 Å². The molecular formula is C13H9Cl2NO. The molecule has 0 aliphatic rings. The topological polar surface area (TPSA) is 29.1 Å². The first-order chi connectivity index (χ1) is 8.16. The number of carbonyl (C=O) groups is 1. The Morgan fingerprint density at radius 3 is 2.41 bits per heavy atom. The van der Waals surface area contributed by atoms with Gasteiger partial charge in [0.1, 0.15) is 0 Å². The van der Waals surface area contributed by atoms with E-state index in [1.165, 1.54) is 0 Å². The molecule has 0 saturated heterocycles. The fraction of sp³-hybridized carbons (Fsp3) is 0. The molecule has 0 unspecified atom stereocenters. The molecule has 0 aromatic heterocycles. The van der Waals surface area contributed by atoms with Crippen molar-refractivity contribution in [3.8, 4) is 0 Å². The summed E-state index contributed by atoms with van der Waals surface area (Å²) in [5, 5.41) is 3.14. The molecule has 0 saturated carbocycles. The second-order valence-electron chi connectivity index (χ2n) is 3.45. The highest BCUT2D eigenvalue weighted by molar-refractivity contribution is 6.68. The Kier molecular flexibility index (Phi) is 3.67. The van der Waals surface area contributed by atoms with Gasteiger partial charge in [-0.2, -0.15) is 0 Å². The van der Waals surface area contributed by atoms with Gasteiger partial charge in [-0.25, -0.2) is 0 Å². The molecule has 2 aromatic rings. The Hall–Kier alpha value is -1.51. The molecule has 1 N–H and O–H groups in total. The highest BCUT2D eigenvalue weighted by atomic mass is 35.5. The van der Waals surface area contributed by atoms with E-state index in [9.17, 15) is 4.79 Å². The zero-order valence-electron chi connectivity index (χ0n) is 8.78. The number of halogens is 2. The zero-order chi connectivity index (χ0) is 12.3. The van der Waals surface area contributed by atoms with E-state index in [-0.39, 0.29) is 0 Å². The standard InChI is InChI=1S/C13H9Cl2NO/c14-9-6-7-11(13(15)17)12(8-9)16-10-4-2-1-3-5-10/h1-8,16H. The number of para-hydroxylation sites is 1. The second kappa shape index (κ2) is 5.21. The van der Waals surface area contributed by atoms with Crippen LogP contribution in [0.15, 0.2) is 48.5 Å². The predicted molar refractivity (Wildman–Crippen MR) is 71.4 cm³/mol. The van der Waals surface area contributed by atoms with E-state index in [4.69, 9.17) is 23.2 Å². The summed E-state index contributed by atoms with van der Waals surface area (Å²) in [6.45, 7) is 0. The number of nitrogens with one attached hydrogen (secondary N) is 1. The molecule has 0 radical (unpaired) electrons. The minimum atomic E-state index is -0.514. The molecule has 0 atom stereocenters. The first-order valence-corrected chi connectivity index (χ1v) is 5.74. The fourth-order valence-electron chi connectivity index (χ4n) is 1.47. The van der Waals surface area contributed by atoms with E-state index in [1.807, 2.05) is 30.3 Å². The van der Waals surface area contributed by atoms with E-state index in [0.29, 0.717) is 16.3 Å². The van der Waals surface area contributed by atoms with Crippen molar-refractivity contribution in [3.63, 3.8) is 0 Å².